The highest BCUT2D eigenvalue weighted by Crippen LogP contribution is 2.21. The SMILES string of the molecule is COCc1cccc(Nc2cc(NN)nc(SC)n2)c1. The Hall–Kier alpha value is -1.83. The molecule has 4 N–H and O–H groups in total. The molecule has 0 fully saturated rings. The largest absolute Gasteiger partial charge is 0.380 e. The highest BCUT2D eigenvalue weighted by molar-refractivity contribution is 7.98. The van der Waals surface area contributed by atoms with E-state index >= 15 is 0 Å². The number of anilines is 3. The predicted octanol–water partition coefficient (Wildman–Crippen LogP) is 2.37. The quantitative estimate of drug-likeness (QED) is 0.326. The Morgan fingerprint density at radius 1 is 1.25 bits per heavy atom. The highest BCUT2D eigenvalue weighted by atomic mass is 32.2. The molecule has 2 aromatic rings. The molecule has 7 heteroatoms. The van der Waals surface area contributed by atoms with Crippen LogP contribution in [0.4, 0.5) is 17.3 Å². The van der Waals surface area contributed by atoms with E-state index in [1.807, 2.05) is 30.5 Å². The number of thioether (sulfide) groups is 1. The number of nitrogens with zero attached hydrogens (tertiary/aromatic N) is 2. The summed E-state index contributed by atoms with van der Waals surface area (Å²) < 4.78 is 5.12. The van der Waals surface area contributed by atoms with Crippen LogP contribution in [-0.4, -0.2) is 23.3 Å². The molecule has 0 saturated heterocycles. The molecule has 1 aromatic heterocycles. The van der Waals surface area contributed by atoms with E-state index in [1.54, 1.807) is 13.2 Å². The number of nitrogens with two attached hydrogens (primary N) is 1. The molecular formula is C13H17N5OS. The van der Waals surface area contributed by atoms with Crippen LogP contribution in [-0.2, 0) is 11.3 Å². The van der Waals surface area contributed by atoms with Crippen LogP contribution in [0.1, 0.15) is 5.56 Å². The maximum absolute atomic E-state index is 5.41. The van der Waals surface area contributed by atoms with E-state index in [1.165, 1.54) is 11.8 Å². The van der Waals surface area contributed by atoms with Crippen molar-refractivity contribution in [1.82, 2.24) is 9.97 Å². The monoisotopic (exact) mass is 291 g/mol. The fraction of sp³-hybridized carbons (Fsp3) is 0.231. The van der Waals surface area contributed by atoms with Crippen molar-refractivity contribution in [2.24, 2.45) is 5.84 Å². The summed E-state index contributed by atoms with van der Waals surface area (Å²) in [6, 6.07) is 9.71. The van der Waals surface area contributed by atoms with Crippen molar-refractivity contribution in [1.29, 1.82) is 0 Å². The fourth-order valence-corrected chi connectivity index (χ4v) is 2.09. The zero-order valence-corrected chi connectivity index (χ0v) is 12.2. The van der Waals surface area contributed by atoms with Gasteiger partial charge in [-0.1, -0.05) is 23.9 Å². The zero-order valence-electron chi connectivity index (χ0n) is 11.4. The van der Waals surface area contributed by atoms with Gasteiger partial charge in [0.2, 0.25) is 0 Å². The number of aromatic nitrogens is 2. The molecule has 2 rings (SSSR count). The fourth-order valence-electron chi connectivity index (χ4n) is 1.71. The Balaban J connectivity index is 2.22. The molecule has 0 radical (unpaired) electrons. The summed E-state index contributed by atoms with van der Waals surface area (Å²) in [5.41, 5.74) is 4.56. The number of nitrogen functional groups attached to an aromatic ring is 1. The van der Waals surface area contributed by atoms with E-state index in [2.05, 4.69) is 20.7 Å². The Morgan fingerprint density at radius 2 is 2.05 bits per heavy atom. The van der Waals surface area contributed by atoms with E-state index in [4.69, 9.17) is 10.6 Å². The first-order valence-electron chi connectivity index (χ1n) is 5.99. The summed E-state index contributed by atoms with van der Waals surface area (Å²) in [5, 5.41) is 3.89. The first-order valence-corrected chi connectivity index (χ1v) is 7.22. The van der Waals surface area contributed by atoms with Crippen LogP contribution < -0.4 is 16.6 Å². The molecule has 0 atom stereocenters. The molecule has 0 unspecified atom stereocenters. The third kappa shape index (κ3) is 3.83. The third-order valence-corrected chi connectivity index (χ3v) is 3.09. The molecule has 106 valence electrons. The third-order valence-electron chi connectivity index (χ3n) is 2.55. The highest BCUT2D eigenvalue weighted by Gasteiger charge is 2.04. The summed E-state index contributed by atoms with van der Waals surface area (Å²) in [6.45, 7) is 0.574. The van der Waals surface area contributed by atoms with E-state index in [0.29, 0.717) is 23.4 Å². The second-order valence-electron chi connectivity index (χ2n) is 4.03. The molecule has 0 amide bonds. The Bertz CT molecular complexity index is 556. The van der Waals surface area contributed by atoms with Crippen LogP contribution >= 0.6 is 11.8 Å². The second kappa shape index (κ2) is 7.09. The summed E-state index contributed by atoms with van der Waals surface area (Å²) in [5.74, 6) is 6.66. The molecule has 0 saturated carbocycles. The van der Waals surface area contributed by atoms with Gasteiger partial charge in [0.15, 0.2) is 5.16 Å². The minimum atomic E-state index is 0.569. The van der Waals surface area contributed by atoms with Crippen LogP contribution in [0.2, 0.25) is 0 Å². The van der Waals surface area contributed by atoms with Gasteiger partial charge in [-0.2, -0.15) is 0 Å². The number of hydrogen-bond donors (Lipinski definition) is 3. The predicted molar refractivity (Wildman–Crippen MR) is 82.1 cm³/mol. The molecule has 0 aliphatic heterocycles. The molecule has 20 heavy (non-hydrogen) atoms. The van der Waals surface area contributed by atoms with Gasteiger partial charge in [-0.3, -0.25) is 0 Å². The Kier molecular flexibility index (Phi) is 5.16. The topological polar surface area (TPSA) is 85.1 Å². The number of benzene rings is 1. The van der Waals surface area contributed by atoms with Crippen molar-refractivity contribution in [3.8, 4) is 0 Å². The summed E-state index contributed by atoms with van der Waals surface area (Å²) in [4.78, 5) is 8.60. The van der Waals surface area contributed by atoms with Gasteiger partial charge in [-0.15, -0.1) is 0 Å². The van der Waals surface area contributed by atoms with Crippen molar-refractivity contribution in [2.45, 2.75) is 11.8 Å². The van der Waals surface area contributed by atoms with Crippen LogP contribution in [0.15, 0.2) is 35.5 Å². The summed E-state index contributed by atoms with van der Waals surface area (Å²) in [7, 11) is 1.68. The normalized spacial score (nSPS) is 10.3. The molecule has 0 aliphatic rings. The standard InChI is InChI=1S/C13H17N5OS/c1-19-8-9-4-3-5-10(6-9)15-11-7-12(18-14)17-13(16-11)20-2/h3-7H,8,14H2,1-2H3,(H2,15,16,17,18). The van der Waals surface area contributed by atoms with Gasteiger partial charge in [0, 0.05) is 18.9 Å². The van der Waals surface area contributed by atoms with Crippen molar-refractivity contribution < 1.29 is 4.74 Å². The van der Waals surface area contributed by atoms with Gasteiger partial charge in [0.25, 0.3) is 0 Å². The van der Waals surface area contributed by atoms with Crippen molar-refractivity contribution >= 4 is 29.1 Å². The van der Waals surface area contributed by atoms with Crippen molar-refractivity contribution in [3.05, 3.63) is 35.9 Å². The van der Waals surface area contributed by atoms with Crippen LogP contribution in [0.25, 0.3) is 0 Å². The van der Waals surface area contributed by atoms with E-state index < -0.39 is 0 Å². The number of methoxy groups -OCH3 is 1. The molecule has 1 heterocycles. The number of ether oxygens (including phenoxy) is 1. The Morgan fingerprint density at radius 3 is 2.75 bits per heavy atom. The Labute approximate surface area is 122 Å². The lowest BCUT2D eigenvalue weighted by Gasteiger charge is -2.10. The summed E-state index contributed by atoms with van der Waals surface area (Å²) in [6.07, 6.45) is 1.92. The zero-order chi connectivity index (χ0) is 14.4. The lowest BCUT2D eigenvalue weighted by Crippen LogP contribution is -2.10. The van der Waals surface area contributed by atoms with Gasteiger partial charge in [0.1, 0.15) is 11.6 Å². The maximum Gasteiger partial charge on any atom is 0.191 e. The second-order valence-corrected chi connectivity index (χ2v) is 4.80. The van der Waals surface area contributed by atoms with E-state index in [-0.39, 0.29) is 0 Å². The van der Waals surface area contributed by atoms with E-state index in [0.717, 1.165) is 11.3 Å². The lowest BCUT2D eigenvalue weighted by molar-refractivity contribution is 0.185. The minimum Gasteiger partial charge on any atom is -0.380 e. The average molecular weight is 291 g/mol. The molecule has 0 spiro atoms. The smallest absolute Gasteiger partial charge is 0.191 e. The maximum atomic E-state index is 5.41. The molecular weight excluding hydrogens is 274 g/mol. The van der Waals surface area contributed by atoms with Crippen molar-refractivity contribution in [2.75, 3.05) is 24.1 Å². The van der Waals surface area contributed by atoms with Gasteiger partial charge in [0.05, 0.1) is 6.61 Å². The van der Waals surface area contributed by atoms with Crippen LogP contribution in [0.3, 0.4) is 0 Å². The molecule has 1 aromatic carbocycles. The molecule has 0 aliphatic carbocycles. The van der Waals surface area contributed by atoms with Gasteiger partial charge < -0.3 is 15.5 Å². The number of hydrogen-bond acceptors (Lipinski definition) is 7. The minimum absolute atomic E-state index is 0.569. The average Bonchev–Trinajstić information content (AvgIpc) is 2.47. The van der Waals surface area contributed by atoms with Gasteiger partial charge >= 0.3 is 0 Å². The first-order chi connectivity index (χ1) is 9.75. The molecule has 0 bridgehead atoms. The number of rotatable bonds is 6. The van der Waals surface area contributed by atoms with E-state index in [9.17, 15) is 0 Å². The van der Waals surface area contributed by atoms with Gasteiger partial charge in [-0.05, 0) is 24.0 Å². The number of nitrogens with one attached hydrogen (secondary N) is 2. The van der Waals surface area contributed by atoms with Gasteiger partial charge in [-0.25, -0.2) is 15.8 Å². The van der Waals surface area contributed by atoms with Crippen LogP contribution in [0, 0.1) is 0 Å². The summed E-state index contributed by atoms with van der Waals surface area (Å²) >= 11 is 1.46. The van der Waals surface area contributed by atoms with Crippen molar-refractivity contribution in [3.63, 3.8) is 0 Å². The lowest BCUT2D eigenvalue weighted by atomic mass is 10.2. The van der Waals surface area contributed by atoms with Crippen LogP contribution in [0.5, 0.6) is 0 Å². The number of hydrazine groups is 1. The molecule has 6 nitrogen and oxygen atoms in total. The first kappa shape index (κ1) is 14.6.